The normalized spacial score (nSPS) is 10.9. The predicted octanol–water partition coefficient (Wildman–Crippen LogP) is 4.33. The zero-order valence-corrected chi connectivity index (χ0v) is 17.9. The molecule has 0 radical (unpaired) electrons. The third kappa shape index (κ3) is 4.66. The Morgan fingerprint density at radius 3 is 2.75 bits per heavy atom. The van der Waals surface area contributed by atoms with Gasteiger partial charge in [0.15, 0.2) is 5.16 Å². The maximum atomic E-state index is 13.0. The third-order valence-electron chi connectivity index (χ3n) is 4.49. The number of hydrogen-bond acceptors (Lipinski definition) is 7. The minimum atomic E-state index is -0.572. The highest BCUT2D eigenvalue weighted by molar-refractivity contribution is 7.99. The van der Waals surface area contributed by atoms with Crippen molar-refractivity contribution in [1.82, 2.24) is 9.55 Å². The molecule has 0 spiro atoms. The number of thioether (sulfide) groups is 1. The van der Waals surface area contributed by atoms with Crippen LogP contribution in [0.4, 0.5) is 11.4 Å². The van der Waals surface area contributed by atoms with E-state index in [9.17, 15) is 19.7 Å². The number of anilines is 1. The first kappa shape index (κ1) is 21.6. The van der Waals surface area contributed by atoms with Crippen molar-refractivity contribution < 1.29 is 14.1 Å². The fourth-order valence-corrected chi connectivity index (χ4v) is 4.01. The van der Waals surface area contributed by atoms with Gasteiger partial charge in [0.1, 0.15) is 5.76 Å². The van der Waals surface area contributed by atoms with Crippen LogP contribution in [0.2, 0.25) is 5.02 Å². The van der Waals surface area contributed by atoms with Gasteiger partial charge >= 0.3 is 0 Å². The van der Waals surface area contributed by atoms with Crippen molar-refractivity contribution in [2.24, 2.45) is 0 Å². The largest absolute Gasteiger partial charge is 0.467 e. The van der Waals surface area contributed by atoms with Gasteiger partial charge in [-0.15, -0.1) is 0 Å². The van der Waals surface area contributed by atoms with Crippen LogP contribution in [0.25, 0.3) is 10.9 Å². The molecular weight excluding hydrogens is 456 g/mol. The summed E-state index contributed by atoms with van der Waals surface area (Å²) in [5, 5.41) is 14.3. The first-order valence-electron chi connectivity index (χ1n) is 9.31. The SMILES string of the molecule is O=C(CSc1nc2ccccc2c(=O)n1Cc1ccco1)Nc1ccc([N+](=O)[O-])cc1Cl. The van der Waals surface area contributed by atoms with Crippen molar-refractivity contribution in [3.05, 3.63) is 92.1 Å². The molecular formula is C21H15ClN4O5S. The van der Waals surface area contributed by atoms with Gasteiger partial charge in [-0.25, -0.2) is 4.98 Å². The molecule has 11 heteroatoms. The Morgan fingerprint density at radius 2 is 2.03 bits per heavy atom. The highest BCUT2D eigenvalue weighted by atomic mass is 35.5. The summed E-state index contributed by atoms with van der Waals surface area (Å²) in [5.74, 6) is 0.113. The lowest BCUT2D eigenvalue weighted by molar-refractivity contribution is -0.384. The van der Waals surface area contributed by atoms with E-state index in [1.54, 1.807) is 36.4 Å². The average molecular weight is 471 g/mol. The molecule has 0 atom stereocenters. The maximum Gasteiger partial charge on any atom is 0.271 e. The number of non-ortho nitro benzene ring substituents is 1. The molecule has 9 nitrogen and oxygen atoms in total. The number of benzene rings is 2. The molecule has 2 aromatic heterocycles. The first-order chi connectivity index (χ1) is 15.4. The van der Waals surface area contributed by atoms with Crippen LogP contribution < -0.4 is 10.9 Å². The van der Waals surface area contributed by atoms with E-state index in [-0.39, 0.29) is 34.3 Å². The lowest BCUT2D eigenvalue weighted by Crippen LogP contribution is -2.24. The molecule has 0 fully saturated rings. The highest BCUT2D eigenvalue weighted by Gasteiger charge is 2.16. The second kappa shape index (κ2) is 9.25. The van der Waals surface area contributed by atoms with Gasteiger partial charge in [0.2, 0.25) is 5.91 Å². The molecule has 4 aromatic rings. The van der Waals surface area contributed by atoms with Crippen LogP contribution in [0, 0.1) is 10.1 Å². The van der Waals surface area contributed by atoms with E-state index in [0.717, 1.165) is 17.8 Å². The van der Waals surface area contributed by atoms with E-state index in [4.69, 9.17) is 16.0 Å². The van der Waals surface area contributed by atoms with Crippen LogP contribution in [0.1, 0.15) is 5.76 Å². The number of carbonyl (C=O) groups excluding carboxylic acids is 1. The molecule has 0 aliphatic heterocycles. The van der Waals surface area contributed by atoms with Gasteiger partial charge in [-0.1, -0.05) is 35.5 Å². The molecule has 1 amide bonds. The molecule has 0 saturated heterocycles. The molecule has 0 aliphatic carbocycles. The Morgan fingerprint density at radius 1 is 1.22 bits per heavy atom. The number of amides is 1. The number of hydrogen-bond donors (Lipinski definition) is 1. The van der Waals surface area contributed by atoms with E-state index in [1.807, 2.05) is 0 Å². The number of nitro benzene ring substituents is 1. The van der Waals surface area contributed by atoms with Crippen LogP contribution in [0.3, 0.4) is 0 Å². The van der Waals surface area contributed by atoms with Crippen LogP contribution in [-0.2, 0) is 11.3 Å². The van der Waals surface area contributed by atoms with Crippen molar-refractivity contribution >= 4 is 51.5 Å². The van der Waals surface area contributed by atoms with Crippen LogP contribution in [0.15, 0.2) is 75.2 Å². The van der Waals surface area contributed by atoms with Gasteiger partial charge < -0.3 is 9.73 Å². The van der Waals surface area contributed by atoms with Gasteiger partial charge in [0, 0.05) is 12.1 Å². The number of nitrogens with zero attached hydrogens (tertiary/aromatic N) is 3. The number of para-hydroxylation sites is 1. The number of furan rings is 1. The highest BCUT2D eigenvalue weighted by Crippen LogP contribution is 2.27. The quantitative estimate of drug-likeness (QED) is 0.185. The zero-order valence-electron chi connectivity index (χ0n) is 16.4. The monoisotopic (exact) mass is 470 g/mol. The molecule has 0 saturated carbocycles. The number of fused-ring (bicyclic) bond motifs is 1. The van der Waals surface area contributed by atoms with Gasteiger partial charge in [-0.3, -0.25) is 24.3 Å². The maximum absolute atomic E-state index is 13.0. The molecule has 32 heavy (non-hydrogen) atoms. The van der Waals surface area contributed by atoms with E-state index in [2.05, 4.69) is 10.3 Å². The van der Waals surface area contributed by atoms with E-state index in [1.165, 1.54) is 23.0 Å². The number of halogens is 1. The van der Waals surface area contributed by atoms with Crippen LogP contribution >= 0.6 is 23.4 Å². The van der Waals surface area contributed by atoms with Gasteiger partial charge in [0.25, 0.3) is 11.2 Å². The Hall–Kier alpha value is -3.63. The zero-order chi connectivity index (χ0) is 22.7. The number of rotatable bonds is 7. The fourth-order valence-electron chi connectivity index (χ4n) is 2.99. The van der Waals surface area contributed by atoms with Crippen molar-refractivity contribution in [1.29, 1.82) is 0 Å². The second-order valence-electron chi connectivity index (χ2n) is 6.64. The van der Waals surface area contributed by atoms with Crippen LogP contribution in [-0.4, -0.2) is 26.1 Å². The fraction of sp³-hybridized carbons (Fsp3) is 0.0952. The Labute approximate surface area is 190 Å². The van der Waals surface area contributed by atoms with E-state index >= 15 is 0 Å². The summed E-state index contributed by atoms with van der Waals surface area (Å²) in [6.07, 6.45) is 1.52. The summed E-state index contributed by atoms with van der Waals surface area (Å²) in [4.78, 5) is 40.3. The van der Waals surface area contributed by atoms with E-state index < -0.39 is 10.8 Å². The molecule has 0 aliphatic rings. The third-order valence-corrected chi connectivity index (χ3v) is 5.78. The number of carbonyl (C=O) groups is 1. The minimum Gasteiger partial charge on any atom is -0.467 e. The smallest absolute Gasteiger partial charge is 0.271 e. The van der Waals surface area contributed by atoms with Gasteiger partial charge in [-0.2, -0.15) is 0 Å². The number of nitrogens with one attached hydrogen (secondary N) is 1. The summed E-state index contributed by atoms with van der Waals surface area (Å²) in [6, 6.07) is 14.2. The summed E-state index contributed by atoms with van der Waals surface area (Å²) >= 11 is 7.12. The summed E-state index contributed by atoms with van der Waals surface area (Å²) in [7, 11) is 0. The molecule has 2 heterocycles. The first-order valence-corrected chi connectivity index (χ1v) is 10.7. The number of nitro groups is 1. The van der Waals surface area contributed by atoms with Crippen molar-refractivity contribution in [2.75, 3.05) is 11.1 Å². The molecule has 0 unspecified atom stereocenters. The molecule has 0 bridgehead atoms. The van der Waals surface area contributed by atoms with Gasteiger partial charge in [0.05, 0.1) is 45.1 Å². The summed E-state index contributed by atoms with van der Waals surface area (Å²) in [6.45, 7) is 0.168. The van der Waals surface area contributed by atoms with Crippen LogP contribution in [0.5, 0.6) is 0 Å². The molecule has 162 valence electrons. The van der Waals surface area contributed by atoms with Crippen molar-refractivity contribution in [2.45, 2.75) is 11.7 Å². The van der Waals surface area contributed by atoms with Gasteiger partial charge in [-0.05, 0) is 30.3 Å². The molecule has 1 N–H and O–H groups in total. The predicted molar refractivity (Wildman–Crippen MR) is 121 cm³/mol. The lowest BCUT2D eigenvalue weighted by Gasteiger charge is -2.12. The summed E-state index contributed by atoms with van der Waals surface area (Å²) in [5.41, 5.74) is 0.356. The average Bonchev–Trinajstić information content (AvgIpc) is 3.29. The van der Waals surface area contributed by atoms with Crippen molar-refractivity contribution in [3.63, 3.8) is 0 Å². The van der Waals surface area contributed by atoms with Crippen molar-refractivity contribution in [3.8, 4) is 0 Å². The Kier molecular flexibility index (Phi) is 6.24. The topological polar surface area (TPSA) is 120 Å². The number of aromatic nitrogens is 2. The minimum absolute atomic E-state index is 0.0520. The molecule has 2 aromatic carbocycles. The second-order valence-corrected chi connectivity index (χ2v) is 7.99. The Balaban J connectivity index is 1.56. The summed E-state index contributed by atoms with van der Waals surface area (Å²) < 4.78 is 6.82. The van der Waals surface area contributed by atoms with E-state index in [0.29, 0.717) is 21.8 Å². The lowest BCUT2D eigenvalue weighted by atomic mass is 10.2. The molecule has 4 rings (SSSR count). The Bertz CT molecular complexity index is 1370. The standard InChI is InChI=1S/C21H15ClN4O5S/c22-16-10-13(26(29)30)7-8-18(16)23-19(27)12-32-21-24-17-6-2-1-5-15(17)20(28)25(21)11-14-4-3-9-31-14/h1-10H,11-12H2,(H,23,27).